The number of amides is 2. The van der Waals surface area contributed by atoms with E-state index in [1.165, 1.54) is 18.3 Å². The number of non-ortho nitro benzene ring substituents is 1. The maximum absolute atomic E-state index is 13.5. The molecule has 4 aromatic rings. The minimum atomic E-state index is -0.737. The van der Waals surface area contributed by atoms with Gasteiger partial charge in [-0.3, -0.25) is 19.7 Å². The fraction of sp³-hybridized carbons (Fsp3) is 0.0741. The molecule has 1 atom stereocenters. The minimum Gasteiger partial charge on any atom is -0.343 e. The predicted molar refractivity (Wildman–Crippen MR) is 139 cm³/mol. The van der Waals surface area contributed by atoms with Gasteiger partial charge in [-0.15, -0.1) is 0 Å². The number of nitro benzene ring substituents is 1. The summed E-state index contributed by atoms with van der Waals surface area (Å²) in [6.45, 7) is 1.74. The van der Waals surface area contributed by atoms with Crippen molar-refractivity contribution >= 4 is 34.7 Å². The van der Waals surface area contributed by atoms with E-state index >= 15 is 0 Å². The molecule has 3 aromatic carbocycles. The summed E-state index contributed by atoms with van der Waals surface area (Å²) < 4.78 is 1.55. The second-order valence-corrected chi connectivity index (χ2v) is 8.41. The van der Waals surface area contributed by atoms with Crippen LogP contribution in [0, 0.1) is 10.1 Å². The number of benzene rings is 3. The van der Waals surface area contributed by atoms with Crippen LogP contribution >= 0.6 is 0 Å². The van der Waals surface area contributed by atoms with Gasteiger partial charge in [-0.1, -0.05) is 36.4 Å². The molecule has 0 bridgehead atoms. The molecule has 0 saturated heterocycles. The molecule has 2 amide bonds. The molecular weight excluding hydrogens is 472 g/mol. The number of allylic oxidation sites excluding steroid dienone is 1. The van der Waals surface area contributed by atoms with E-state index in [2.05, 4.69) is 21.0 Å². The van der Waals surface area contributed by atoms with Crippen molar-refractivity contribution in [1.29, 1.82) is 0 Å². The first kappa shape index (κ1) is 23.5. The molecule has 0 unspecified atom stereocenters. The van der Waals surface area contributed by atoms with Gasteiger partial charge >= 0.3 is 0 Å². The van der Waals surface area contributed by atoms with Crippen LogP contribution in [0.15, 0.2) is 102 Å². The fourth-order valence-electron chi connectivity index (χ4n) is 4.24. The summed E-state index contributed by atoms with van der Waals surface area (Å²) in [4.78, 5) is 37.3. The van der Waals surface area contributed by atoms with Crippen molar-refractivity contribution in [3.05, 3.63) is 124 Å². The van der Waals surface area contributed by atoms with Gasteiger partial charge < -0.3 is 16.0 Å². The molecule has 1 aliphatic heterocycles. The summed E-state index contributed by atoms with van der Waals surface area (Å²) in [7, 11) is 0. The number of para-hydroxylation sites is 2. The third kappa shape index (κ3) is 4.67. The van der Waals surface area contributed by atoms with Gasteiger partial charge in [0.1, 0.15) is 17.4 Å². The van der Waals surface area contributed by atoms with Crippen LogP contribution in [-0.4, -0.2) is 26.5 Å². The number of nitro groups is 1. The van der Waals surface area contributed by atoms with E-state index in [0.717, 1.165) is 0 Å². The zero-order valence-electron chi connectivity index (χ0n) is 19.7. The predicted octanol–water partition coefficient (Wildman–Crippen LogP) is 4.97. The molecule has 10 nitrogen and oxygen atoms in total. The third-order valence-corrected chi connectivity index (χ3v) is 6.00. The standard InChI is InChI=1S/C27H22N6O4/c1-17-23(27(35)31-20-10-6-3-7-11-20)24(18-12-14-21(15-13-18)33(36)37)32-25(29-17)22(16-28-32)26(34)30-19-8-4-2-5-9-19/h2-16,24,29H,1H3,(H,30,34)(H,31,35)/t24-/m0/s1. The summed E-state index contributed by atoms with van der Waals surface area (Å²) >= 11 is 0. The average molecular weight is 495 g/mol. The first-order chi connectivity index (χ1) is 17.9. The fourth-order valence-corrected chi connectivity index (χ4v) is 4.24. The number of hydrogen-bond acceptors (Lipinski definition) is 6. The molecule has 0 saturated carbocycles. The number of nitrogens with zero attached hydrogens (tertiary/aromatic N) is 3. The van der Waals surface area contributed by atoms with E-state index < -0.39 is 11.0 Å². The van der Waals surface area contributed by atoms with Gasteiger partial charge in [0.15, 0.2) is 0 Å². The lowest BCUT2D eigenvalue weighted by atomic mass is 9.94. The van der Waals surface area contributed by atoms with E-state index in [1.807, 2.05) is 36.4 Å². The van der Waals surface area contributed by atoms with E-state index in [1.54, 1.807) is 48.0 Å². The highest BCUT2D eigenvalue weighted by Gasteiger charge is 2.35. The molecule has 10 heteroatoms. The van der Waals surface area contributed by atoms with Crippen molar-refractivity contribution in [2.75, 3.05) is 16.0 Å². The molecule has 0 spiro atoms. The van der Waals surface area contributed by atoms with Gasteiger partial charge in [-0.05, 0) is 48.9 Å². The van der Waals surface area contributed by atoms with Gasteiger partial charge in [-0.25, -0.2) is 4.68 Å². The lowest BCUT2D eigenvalue weighted by Gasteiger charge is -2.30. The number of carbonyl (C=O) groups excluding carboxylic acids is 2. The monoisotopic (exact) mass is 494 g/mol. The summed E-state index contributed by atoms with van der Waals surface area (Å²) in [5, 5.41) is 24.6. The SMILES string of the molecule is CC1=C(C(=O)Nc2ccccc2)[C@H](c2ccc([N+](=O)[O-])cc2)n2ncc(C(=O)Nc3ccccc3)c2N1. The van der Waals surface area contributed by atoms with E-state index in [9.17, 15) is 19.7 Å². The van der Waals surface area contributed by atoms with Crippen molar-refractivity contribution in [3.63, 3.8) is 0 Å². The average Bonchev–Trinajstić information content (AvgIpc) is 3.32. The molecule has 0 fully saturated rings. The van der Waals surface area contributed by atoms with E-state index in [4.69, 9.17) is 0 Å². The Bertz CT molecular complexity index is 1510. The Hall–Kier alpha value is -5.25. The Labute approximate surface area is 211 Å². The number of nitrogens with one attached hydrogen (secondary N) is 3. The lowest BCUT2D eigenvalue weighted by molar-refractivity contribution is -0.384. The van der Waals surface area contributed by atoms with Crippen molar-refractivity contribution < 1.29 is 14.5 Å². The van der Waals surface area contributed by atoms with Crippen LogP contribution in [0.5, 0.6) is 0 Å². The Balaban J connectivity index is 1.56. The molecule has 0 radical (unpaired) electrons. The zero-order valence-corrected chi connectivity index (χ0v) is 19.7. The van der Waals surface area contributed by atoms with Gasteiger partial charge in [0.05, 0.1) is 16.7 Å². The van der Waals surface area contributed by atoms with Crippen LogP contribution < -0.4 is 16.0 Å². The molecule has 184 valence electrons. The highest BCUT2D eigenvalue weighted by atomic mass is 16.6. The lowest BCUT2D eigenvalue weighted by Crippen LogP contribution is -2.32. The Morgan fingerprint density at radius 1 is 0.892 bits per heavy atom. The highest BCUT2D eigenvalue weighted by Crippen LogP contribution is 2.38. The summed E-state index contributed by atoms with van der Waals surface area (Å²) in [6, 6.07) is 23.3. The van der Waals surface area contributed by atoms with Crippen LogP contribution in [0.2, 0.25) is 0 Å². The molecular formula is C27H22N6O4. The second kappa shape index (κ2) is 9.78. The molecule has 2 heterocycles. The quantitative estimate of drug-likeness (QED) is 0.256. The van der Waals surface area contributed by atoms with Gasteiger partial charge in [0.2, 0.25) is 0 Å². The maximum atomic E-state index is 13.5. The number of anilines is 3. The molecule has 5 rings (SSSR count). The third-order valence-electron chi connectivity index (χ3n) is 6.00. The van der Waals surface area contributed by atoms with Gasteiger partial charge in [0.25, 0.3) is 17.5 Å². The normalized spacial score (nSPS) is 14.4. The molecule has 1 aliphatic rings. The Kier molecular flexibility index (Phi) is 6.21. The summed E-state index contributed by atoms with van der Waals surface area (Å²) in [5.41, 5.74) is 2.95. The number of rotatable bonds is 6. The number of aromatic nitrogens is 2. The smallest absolute Gasteiger partial charge is 0.269 e. The first-order valence-corrected chi connectivity index (χ1v) is 11.4. The van der Waals surface area contributed by atoms with E-state index in [-0.39, 0.29) is 23.1 Å². The molecule has 1 aromatic heterocycles. The molecule has 0 aliphatic carbocycles. The van der Waals surface area contributed by atoms with E-state index in [0.29, 0.717) is 34.0 Å². The summed E-state index contributed by atoms with van der Waals surface area (Å²) in [5.74, 6) is -0.325. The van der Waals surface area contributed by atoms with Crippen LogP contribution in [0.3, 0.4) is 0 Å². The Morgan fingerprint density at radius 2 is 1.46 bits per heavy atom. The number of carbonyl (C=O) groups is 2. The van der Waals surface area contributed by atoms with Crippen molar-refractivity contribution in [2.45, 2.75) is 13.0 Å². The van der Waals surface area contributed by atoms with Crippen molar-refractivity contribution in [2.24, 2.45) is 0 Å². The van der Waals surface area contributed by atoms with Crippen LogP contribution in [0.1, 0.15) is 28.9 Å². The van der Waals surface area contributed by atoms with Crippen LogP contribution in [0.25, 0.3) is 0 Å². The van der Waals surface area contributed by atoms with Crippen molar-refractivity contribution in [1.82, 2.24) is 9.78 Å². The number of hydrogen-bond donors (Lipinski definition) is 3. The summed E-state index contributed by atoms with van der Waals surface area (Å²) in [6.07, 6.45) is 1.43. The van der Waals surface area contributed by atoms with Crippen molar-refractivity contribution in [3.8, 4) is 0 Å². The van der Waals surface area contributed by atoms with Crippen LogP contribution in [-0.2, 0) is 4.79 Å². The minimum absolute atomic E-state index is 0.0720. The largest absolute Gasteiger partial charge is 0.343 e. The van der Waals surface area contributed by atoms with Crippen LogP contribution in [0.4, 0.5) is 22.9 Å². The zero-order chi connectivity index (χ0) is 25.9. The molecule has 37 heavy (non-hydrogen) atoms. The number of fused-ring (bicyclic) bond motifs is 1. The second-order valence-electron chi connectivity index (χ2n) is 8.41. The maximum Gasteiger partial charge on any atom is 0.269 e. The Morgan fingerprint density at radius 3 is 2.03 bits per heavy atom. The molecule has 3 N–H and O–H groups in total. The first-order valence-electron chi connectivity index (χ1n) is 11.4. The van der Waals surface area contributed by atoms with Gasteiger partial charge in [-0.2, -0.15) is 5.10 Å². The van der Waals surface area contributed by atoms with Gasteiger partial charge in [0, 0.05) is 29.2 Å². The topological polar surface area (TPSA) is 131 Å². The highest BCUT2D eigenvalue weighted by molar-refractivity contribution is 6.09.